The Kier molecular flexibility index (Phi) is 3.83. The highest BCUT2D eigenvalue weighted by Crippen LogP contribution is 1.86. The van der Waals surface area contributed by atoms with Gasteiger partial charge in [-0.3, -0.25) is 4.79 Å². The van der Waals surface area contributed by atoms with Gasteiger partial charge in [-0.1, -0.05) is 13.8 Å². The van der Waals surface area contributed by atoms with Gasteiger partial charge in [-0.15, -0.1) is 0 Å². The minimum atomic E-state index is -0.0319. The molecule has 1 aromatic heterocycles. The summed E-state index contributed by atoms with van der Waals surface area (Å²) in [5.41, 5.74) is 0.874. The Morgan fingerprint density at radius 2 is 2.29 bits per heavy atom. The van der Waals surface area contributed by atoms with Crippen molar-refractivity contribution in [3.8, 4) is 0 Å². The zero-order valence-electron chi connectivity index (χ0n) is 8.95. The van der Waals surface area contributed by atoms with Crippen LogP contribution in [0.3, 0.4) is 0 Å². The zero-order valence-corrected chi connectivity index (χ0v) is 8.95. The van der Waals surface area contributed by atoms with Gasteiger partial charge in [-0.25, -0.2) is 4.68 Å². The Balaban J connectivity index is 2.55. The van der Waals surface area contributed by atoms with E-state index in [1.807, 2.05) is 6.92 Å². The molecule has 1 N–H and O–H groups in total. The van der Waals surface area contributed by atoms with Crippen LogP contribution in [0.1, 0.15) is 19.4 Å². The summed E-state index contributed by atoms with van der Waals surface area (Å²) in [5, 5.41) is 7.27. The third-order valence-corrected chi connectivity index (χ3v) is 1.88. The SMILES string of the molecule is Cc1cnn(CCNC(C)C)c(=O)c1. The summed E-state index contributed by atoms with van der Waals surface area (Å²) in [6, 6.07) is 2.04. The summed E-state index contributed by atoms with van der Waals surface area (Å²) in [6.45, 7) is 7.41. The number of nitrogens with zero attached hydrogens (tertiary/aromatic N) is 2. The average molecular weight is 195 g/mol. The van der Waals surface area contributed by atoms with Crippen molar-refractivity contribution in [2.24, 2.45) is 0 Å². The van der Waals surface area contributed by atoms with Crippen LogP contribution in [0.4, 0.5) is 0 Å². The van der Waals surface area contributed by atoms with Crippen molar-refractivity contribution in [2.75, 3.05) is 6.54 Å². The van der Waals surface area contributed by atoms with Crippen molar-refractivity contribution < 1.29 is 0 Å². The van der Waals surface area contributed by atoms with Gasteiger partial charge in [0.05, 0.1) is 12.7 Å². The minimum absolute atomic E-state index is 0.0319. The molecular formula is C10H17N3O. The van der Waals surface area contributed by atoms with Crippen LogP contribution >= 0.6 is 0 Å². The van der Waals surface area contributed by atoms with Crippen molar-refractivity contribution in [1.29, 1.82) is 0 Å². The van der Waals surface area contributed by atoms with E-state index in [1.54, 1.807) is 12.3 Å². The Bertz CT molecular complexity index is 343. The molecule has 0 bridgehead atoms. The number of hydrogen-bond acceptors (Lipinski definition) is 3. The zero-order chi connectivity index (χ0) is 10.6. The lowest BCUT2D eigenvalue weighted by Gasteiger charge is -2.08. The van der Waals surface area contributed by atoms with Gasteiger partial charge >= 0.3 is 0 Å². The molecule has 4 heteroatoms. The second kappa shape index (κ2) is 4.91. The van der Waals surface area contributed by atoms with Gasteiger partial charge in [0.25, 0.3) is 5.56 Å². The quantitative estimate of drug-likeness (QED) is 0.763. The lowest BCUT2D eigenvalue weighted by Crippen LogP contribution is -2.31. The van der Waals surface area contributed by atoms with E-state index in [9.17, 15) is 4.79 Å². The van der Waals surface area contributed by atoms with E-state index in [0.717, 1.165) is 12.1 Å². The molecule has 1 heterocycles. The molecule has 78 valence electrons. The normalized spacial score (nSPS) is 10.9. The van der Waals surface area contributed by atoms with E-state index in [4.69, 9.17) is 0 Å². The van der Waals surface area contributed by atoms with Crippen molar-refractivity contribution in [3.63, 3.8) is 0 Å². The second-order valence-electron chi connectivity index (χ2n) is 3.70. The Hall–Kier alpha value is -1.16. The molecule has 0 spiro atoms. The Morgan fingerprint density at radius 1 is 1.57 bits per heavy atom. The molecule has 4 nitrogen and oxygen atoms in total. The van der Waals surface area contributed by atoms with Crippen molar-refractivity contribution >= 4 is 0 Å². The molecular weight excluding hydrogens is 178 g/mol. The van der Waals surface area contributed by atoms with Crippen LogP contribution in [-0.2, 0) is 6.54 Å². The van der Waals surface area contributed by atoms with Crippen LogP contribution in [0.15, 0.2) is 17.1 Å². The van der Waals surface area contributed by atoms with Gasteiger partial charge in [0.15, 0.2) is 0 Å². The molecule has 0 aromatic carbocycles. The van der Waals surface area contributed by atoms with Gasteiger partial charge in [0.1, 0.15) is 0 Å². The summed E-state index contributed by atoms with van der Waals surface area (Å²) < 4.78 is 1.47. The van der Waals surface area contributed by atoms with Crippen molar-refractivity contribution in [3.05, 3.63) is 28.2 Å². The highest BCUT2D eigenvalue weighted by molar-refractivity contribution is 5.02. The predicted molar refractivity (Wildman–Crippen MR) is 56.4 cm³/mol. The standard InChI is InChI=1S/C10H17N3O/c1-8(2)11-4-5-13-10(14)6-9(3)7-12-13/h6-8,11H,4-5H2,1-3H3. The van der Waals surface area contributed by atoms with Crippen LogP contribution in [0, 0.1) is 6.92 Å². The van der Waals surface area contributed by atoms with Crippen LogP contribution in [0.5, 0.6) is 0 Å². The molecule has 1 rings (SSSR count). The predicted octanol–water partition coefficient (Wildman–Crippen LogP) is 0.550. The van der Waals surface area contributed by atoms with E-state index in [1.165, 1.54) is 4.68 Å². The molecule has 0 atom stereocenters. The maximum Gasteiger partial charge on any atom is 0.267 e. The molecule has 0 unspecified atom stereocenters. The molecule has 14 heavy (non-hydrogen) atoms. The fourth-order valence-corrected chi connectivity index (χ4v) is 1.15. The first-order valence-corrected chi connectivity index (χ1v) is 4.87. The van der Waals surface area contributed by atoms with Crippen molar-refractivity contribution in [1.82, 2.24) is 15.1 Å². The van der Waals surface area contributed by atoms with E-state index in [-0.39, 0.29) is 5.56 Å². The summed E-state index contributed by atoms with van der Waals surface area (Å²) in [4.78, 5) is 11.4. The maximum atomic E-state index is 11.4. The number of nitrogens with one attached hydrogen (secondary N) is 1. The maximum absolute atomic E-state index is 11.4. The van der Waals surface area contributed by atoms with Gasteiger partial charge in [-0.2, -0.15) is 5.10 Å². The van der Waals surface area contributed by atoms with E-state index >= 15 is 0 Å². The average Bonchev–Trinajstić information content (AvgIpc) is 2.08. The van der Waals surface area contributed by atoms with E-state index in [2.05, 4.69) is 24.3 Å². The third-order valence-electron chi connectivity index (χ3n) is 1.88. The van der Waals surface area contributed by atoms with Crippen LogP contribution < -0.4 is 10.9 Å². The fraction of sp³-hybridized carbons (Fsp3) is 0.600. The fourth-order valence-electron chi connectivity index (χ4n) is 1.15. The summed E-state index contributed by atoms with van der Waals surface area (Å²) in [7, 11) is 0. The van der Waals surface area contributed by atoms with Gasteiger partial charge in [0.2, 0.25) is 0 Å². The lowest BCUT2D eigenvalue weighted by atomic mass is 10.3. The molecule has 0 saturated heterocycles. The van der Waals surface area contributed by atoms with Crippen LogP contribution in [0.2, 0.25) is 0 Å². The molecule has 0 aliphatic carbocycles. The number of aromatic nitrogens is 2. The Morgan fingerprint density at radius 3 is 2.86 bits per heavy atom. The topological polar surface area (TPSA) is 46.9 Å². The summed E-state index contributed by atoms with van der Waals surface area (Å²) in [5.74, 6) is 0. The number of aryl methyl sites for hydroxylation is 1. The molecule has 0 aliphatic heterocycles. The van der Waals surface area contributed by atoms with Gasteiger partial charge in [0, 0.05) is 18.7 Å². The Labute approximate surface area is 84.0 Å². The number of rotatable bonds is 4. The van der Waals surface area contributed by atoms with Gasteiger partial charge < -0.3 is 5.32 Å². The van der Waals surface area contributed by atoms with Crippen LogP contribution in [0.25, 0.3) is 0 Å². The smallest absolute Gasteiger partial charge is 0.267 e. The number of hydrogen-bond donors (Lipinski definition) is 1. The first-order chi connectivity index (χ1) is 6.59. The third kappa shape index (κ3) is 3.30. The highest BCUT2D eigenvalue weighted by atomic mass is 16.1. The molecule has 0 amide bonds. The second-order valence-corrected chi connectivity index (χ2v) is 3.70. The molecule has 0 aliphatic rings. The first kappa shape index (κ1) is 10.9. The van der Waals surface area contributed by atoms with E-state index < -0.39 is 0 Å². The largest absolute Gasteiger partial charge is 0.313 e. The minimum Gasteiger partial charge on any atom is -0.313 e. The summed E-state index contributed by atoms with van der Waals surface area (Å²) in [6.07, 6.45) is 1.71. The highest BCUT2D eigenvalue weighted by Gasteiger charge is 1.97. The lowest BCUT2D eigenvalue weighted by molar-refractivity contribution is 0.499. The molecule has 1 aromatic rings. The molecule has 0 radical (unpaired) electrons. The molecule has 0 fully saturated rings. The van der Waals surface area contributed by atoms with E-state index in [0.29, 0.717) is 12.6 Å². The molecule has 0 saturated carbocycles. The van der Waals surface area contributed by atoms with Crippen molar-refractivity contribution in [2.45, 2.75) is 33.4 Å². The summed E-state index contributed by atoms with van der Waals surface area (Å²) >= 11 is 0. The first-order valence-electron chi connectivity index (χ1n) is 4.87. The van der Waals surface area contributed by atoms with Crippen LogP contribution in [-0.4, -0.2) is 22.4 Å². The monoisotopic (exact) mass is 195 g/mol. The van der Waals surface area contributed by atoms with Gasteiger partial charge in [-0.05, 0) is 12.5 Å².